The maximum absolute atomic E-state index is 11.5. The van der Waals surface area contributed by atoms with Crippen LogP contribution >= 0.6 is 34.5 Å². The van der Waals surface area contributed by atoms with Gasteiger partial charge in [0.1, 0.15) is 10.8 Å². The highest BCUT2D eigenvalue weighted by Gasteiger charge is 2.15. The van der Waals surface area contributed by atoms with E-state index in [1.54, 1.807) is 48.5 Å². The highest BCUT2D eigenvalue weighted by atomic mass is 35.5. The van der Waals surface area contributed by atoms with Gasteiger partial charge < -0.3 is 9.84 Å². The molecule has 0 radical (unpaired) electrons. The molecule has 4 rings (SSSR count). The molecular formula is C24H15Cl2NO4S. The lowest BCUT2D eigenvalue weighted by Crippen LogP contribution is -2.04. The minimum absolute atomic E-state index is 0.0459. The van der Waals surface area contributed by atoms with Gasteiger partial charge in [0.2, 0.25) is 0 Å². The largest absolute Gasteiger partial charge is 0.511 e. The molecule has 0 saturated heterocycles. The number of halogens is 2. The second kappa shape index (κ2) is 9.12. The zero-order valence-electron chi connectivity index (χ0n) is 16.6. The molecule has 0 spiro atoms. The van der Waals surface area contributed by atoms with Crippen molar-refractivity contribution in [3.05, 3.63) is 81.7 Å². The van der Waals surface area contributed by atoms with Crippen molar-refractivity contribution >= 4 is 46.5 Å². The molecule has 0 bridgehead atoms. The monoisotopic (exact) mass is 483 g/mol. The fourth-order valence-electron chi connectivity index (χ4n) is 3.15. The molecule has 5 nitrogen and oxygen atoms in total. The van der Waals surface area contributed by atoms with Crippen LogP contribution in [0.1, 0.15) is 17.3 Å². The maximum atomic E-state index is 11.5. The molecular weight excluding hydrogens is 469 g/mol. The SMILES string of the molecule is CC(=O)c1ccc(-c2ccc(-c3nc(-c4ccc(Cl)c(Cl)c4)cs3)cc2OC(=O)O)cc1. The zero-order valence-corrected chi connectivity index (χ0v) is 19.0. The average molecular weight is 484 g/mol. The molecule has 4 aromatic rings. The number of carbonyl (C=O) groups is 2. The molecule has 0 aliphatic heterocycles. The molecule has 0 unspecified atom stereocenters. The van der Waals surface area contributed by atoms with Crippen LogP contribution in [0.2, 0.25) is 10.0 Å². The minimum atomic E-state index is -1.42. The van der Waals surface area contributed by atoms with Crippen molar-refractivity contribution in [2.24, 2.45) is 0 Å². The predicted molar refractivity (Wildman–Crippen MR) is 127 cm³/mol. The van der Waals surface area contributed by atoms with Crippen LogP contribution in [0.25, 0.3) is 33.0 Å². The lowest BCUT2D eigenvalue weighted by Gasteiger charge is -2.10. The standard InChI is InChI=1S/C24H15Cl2NO4S/c1-13(28)14-2-4-15(5-3-14)18-8-6-17(11-22(18)31-24(29)30)23-27-21(12-32-23)16-7-9-19(25)20(26)10-16/h2-12H,1H3,(H,29,30). The van der Waals surface area contributed by atoms with Crippen LogP contribution in [0.3, 0.4) is 0 Å². The normalized spacial score (nSPS) is 10.7. The number of carboxylic acid groups (broad SMARTS) is 1. The third-order valence-electron chi connectivity index (χ3n) is 4.75. The molecule has 1 aromatic heterocycles. The maximum Gasteiger partial charge on any atom is 0.511 e. The fourth-order valence-corrected chi connectivity index (χ4v) is 4.28. The molecule has 0 amide bonds. The number of nitrogens with zero attached hydrogens (tertiary/aromatic N) is 1. The van der Waals surface area contributed by atoms with Gasteiger partial charge in [0.15, 0.2) is 5.78 Å². The summed E-state index contributed by atoms with van der Waals surface area (Å²) in [5.74, 6) is 0.132. The predicted octanol–water partition coefficient (Wildman–Crippen LogP) is 7.71. The number of ether oxygens (including phenoxy) is 1. The van der Waals surface area contributed by atoms with E-state index in [0.717, 1.165) is 16.8 Å². The molecule has 1 heterocycles. The number of Topliss-reactive ketones (excluding diaryl/α,β-unsaturated/α-hetero) is 1. The van der Waals surface area contributed by atoms with Crippen molar-refractivity contribution in [3.8, 4) is 38.7 Å². The summed E-state index contributed by atoms with van der Waals surface area (Å²) in [6, 6.07) is 17.5. The van der Waals surface area contributed by atoms with E-state index in [9.17, 15) is 14.7 Å². The highest BCUT2D eigenvalue weighted by Crippen LogP contribution is 2.37. The summed E-state index contributed by atoms with van der Waals surface area (Å²) in [5, 5.41) is 12.7. The van der Waals surface area contributed by atoms with Crippen molar-refractivity contribution in [1.82, 2.24) is 4.98 Å². The van der Waals surface area contributed by atoms with Gasteiger partial charge in [-0.1, -0.05) is 59.6 Å². The number of thiazole rings is 1. The first-order valence-electron chi connectivity index (χ1n) is 9.39. The van der Waals surface area contributed by atoms with E-state index in [1.807, 2.05) is 17.5 Å². The number of carbonyl (C=O) groups excluding carboxylic acids is 1. The van der Waals surface area contributed by atoms with Crippen LogP contribution in [0.15, 0.2) is 66.0 Å². The summed E-state index contributed by atoms with van der Waals surface area (Å²) in [6.07, 6.45) is -1.42. The van der Waals surface area contributed by atoms with Gasteiger partial charge in [-0.15, -0.1) is 11.3 Å². The third-order valence-corrected chi connectivity index (χ3v) is 6.38. The van der Waals surface area contributed by atoms with Crippen molar-refractivity contribution in [2.45, 2.75) is 6.92 Å². The summed E-state index contributed by atoms with van der Waals surface area (Å²) in [5.41, 5.74) is 4.16. The van der Waals surface area contributed by atoms with Gasteiger partial charge in [0, 0.05) is 27.6 Å². The van der Waals surface area contributed by atoms with Crippen LogP contribution in [0.5, 0.6) is 5.75 Å². The number of benzene rings is 3. The van der Waals surface area contributed by atoms with Crippen LogP contribution in [0.4, 0.5) is 4.79 Å². The number of aromatic nitrogens is 1. The minimum Gasteiger partial charge on any atom is -0.449 e. The number of rotatable bonds is 5. The van der Waals surface area contributed by atoms with Crippen LogP contribution in [0, 0.1) is 0 Å². The smallest absolute Gasteiger partial charge is 0.449 e. The Bertz CT molecular complexity index is 1330. The molecule has 3 aromatic carbocycles. The fraction of sp³-hybridized carbons (Fsp3) is 0.0417. The zero-order chi connectivity index (χ0) is 22.8. The Kier molecular flexibility index (Phi) is 6.28. The van der Waals surface area contributed by atoms with Crippen molar-refractivity contribution in [3.63, 3.8) is 0 Å². The Morgan fingerprint density at radius 2 is 1.59 bits per heavy atom. The summed E-state index contributed by atoms with van der Waals surface area (Å²) in [4.78, 5) is 27.5. The highest BCUT2D eigenvalue weighted by molar-refractivity contribution is 7.13. The van der Waals surface area contributed by atoms with Gasteiger partial charge in [-0.05, 0) is 36.8 Å². The van der Waals surface area contributed by atoms with E-state index in [-0.39, 0.29) is 11.5 Å². The van der Waals surface area contributed by atoms with E-state index in [4.69, 9.17) is 27.9 Å². The van der Waals surface area contributed by atoms with Gasteiger partial charge in [0.25, 0.3) is 0 Å². The van der Waals surface area contributed by atoms with Gasteiger partial charge >= 0.3 is 6.16 Å². The van der Waals surface area contributed by atoms with Crippen molar-refractivity contribution in [2.75, 3.05) is 0 Å². The van der Waals surface area contributed by atoms with Crippen LogP contribution < -0.4 is 4.74 Å². The van der Waals surface area contributed by atoms with Gasteiger partial charge in [-0.25, -0.2) is 9.78 Å². The molecule has 1 N–H and O–H groups in total. The number of hydrogen-bond donors (Lipinski definition) is 1. The molecule has 0 fully saturated rings. The molecule has 8 heteroatoms. The molecule has 32 heavy (non-hydrogen) atoms. The molecule has 0 aliphatic carbocycles. The Labute approximate surface area is 197 Å². The van der Waals surface area contributed by atoms with Gasteiger partial charge in [0.05, 0.1) is 15.7 Å². The average Bonchev–Trinajstić information content (AvgIpc) is 3.25. The Balaban J connectivity index is 1.71. The first-order chi connectivity index (χ1) is 15.3. The second-order valence-corrected chi connectivity index (χ2v) is 8.55. The summed E-state index contributed by atoms with van der Waals surface area (Å²) < 4.78 is 5.05. The first kappa shape index (κ1) is 22.0. The second-order valence-electron chi connectivity index (χ2n) is 6.88. The molecule has 160 valence electrons. The lowest BCUT2D eigenvalue weighted by atomic mass is 10.0. The van der Waals surface area contributed by atoms with E-state index in [1.165, 1.54) is 18.3 Å². The van der Waals surface area contributed by atoms with Gasteiger partial charge in [-0.3, -0.25) is 4.79 Å². The third kappa shape index (κ3) is 4.67. The number of hydrogen-bond acceptors (Lipinski definition) is 5. The molecule has 0 aliphatic rings. The van der Waals surface area contributed by atoms with Crippen LogP contribution in [-0.4, -0.2) is 22.0 Å². The number of ketones is 1. The Hall–Kier alpha value is -3.19. The van der Waals surface area contributed by atoms with Gasteiger partial charge in [-0.2, -0.15) is 0 Å². The quantitative estimate of drug-likeness (QED) is 0.178. The summed E-state index contributed by atoms with van der Waals surface area (Å²) in [7, 11) is 0. The van der Waals surface area contributed by atoms with Crippen molar-refractivity contribution < 1.29 is 19.4 Å². The van der Waals surface area contributed by atoms with E-state index < -0.39 is 6.16 Å². The summed E-state index contributed by atoms with van der Waals surface area (Å²) >= 11 is 13.5. The van der Waals surface area contributed by atoms with E-state index >= 15 is 0 Å². The molecule has 0 atom stereocenters. The van der Waals surface area contributed by atoms with E-state index in [0.29, 0.717) is 31.7 Å². The van der Waals surface area contributed by atoms with Crippen LogP contribution in [-0.2, 0) is 0 Å². The first-order valence-corrected chi connectivity index (χ1v) is 11.0. The topological polar surface area (TPSA) is 76.5 Å². The molecule has 0 saturated carbocycles. The Morgan fingerprint density at radius 1 is 0.906 bits per heavy atom. The Morgan fingerprint density at radius 3 is 2.25 bits per heavy atom. The van der Waals surface area contributed by atoms with Crippen molar-refractivity contribution in [1.29, 1.82) is 0 Å². The summed E-state index contributed by atoms with van der Waals surface area (Å²) in [6.45, 7) is 1.49. The van der Waals surface area contributed by atoms with E-state index in [2.05, 4.69) is 4.98 Å². The lowest BCUT2D eigenvalue weighted by molar-refractivity contribution is 0.101.